The van der Waals surface area contributed by atoms with E-state index >= 15 is 0 Å². The van der Waals surface area contributed by atoms with Crippen LogP contribution in [0, 0.1) is 20.8 Å². The standard InChI is InChI=1S/C19H18ClN5O/c1-12-13(2)25(14(3)23-12)19-21-10-16(11-22-19)24-18(26)9-8-15-6-4-5-7-17(15)20/h4-11H,1-3H3,(H,24,26)/b9-8+. The topological polar surface area (TPSA) is 72.7 Å². The third kappa shape index (κ3) is 3.81. The lowest BCUT2D eigenvalue weighted by Crippen LogP contribution is -2.10. The number of nitrogens with one attached hydrogen (secondary N) is 1. The molecule has 3 aromatic rings. The Labute approximate surface area is 156 Å². The molecule has 3 rings (SSSR count). The van der Waals surface area contributed by atoms with E-state index in [2.05, 4.69) is 20.3 Å². The number of hydrogen-bond acceptors (Lipinski definition) is 4. The predicted molar refractivity (Wildman–Crippen MR) is 102 cm³/mol. The summed E-state index contributed by atoms with van der Waals surface area (Å²) in [7, 11) is 0. The van der Waals surface area contributed by atoms with Gasteiger partial charge in [0.1, 0.15) is 5.82 Å². The number of carbonyl (C=O) groups is 1. The van der Waals surface area contributed by atoms with E-state index in [0.29, 0.717) is 16.7 Å². The number of aromatic nitrogens is 4. The third-order valence-corrected chi connectivity index (χ3v) is 4.28. The zero-order valence-corrected chi connectivity index (χ0v) is 15.4. The zero-order chi connectivity index (χ0) is 18.7. The maximum absolute atomic E-state index is 12.1. The van der Waals surface area contributed by atoms with Crippen LogP contribution in [0.4, 0.5) is 5.69 Å². The van der Waals surface area contributed by atoms with Crippen LogP contribution in [0.3, 0.4) is 0 Å². The minimum atomic E-state index is -0.285. The van der Waals surface area contributed by atoms with Gasteiger partial charge < -0.3 is 5.32 Å². The van der Waals surface area contributed by atoms with E-state index in [1.807, 2.05) is 43.5 Å². The van der Waals surface area contributed by atoms with Crippen molar-refractivity contribution >= 4 is 29.3 Å². The molecule has 132 valence electrons. The molecule has 2 heterocycles. The quantitative estimate of drug-likeness (QED) is 0.710. The number of rotatable bonds is 4. The van der Waals surface area contributed by atoms with Gasteiger partial charge in [0, 0.05) is 16.8 Å². The molecule has 0 saturated heterocycles. The van der Waals surface area contributed by atoms with Gasteiger partial charge in [-0.2, -0.15) is 0 Å². The molecular formula is C19H18ClN5O. The summed E-state index contributed by atoms with van der Waals surface area (Å²) >= 11 is 6.06. The maximum Gasteiger partial charge on any atom is 0.248 e. The molecule has 0 radical (unpaired) electrons. The Morgan fingerprint density at radius 3 is 2.46 bits per heavy atom. The summed E-state index contributed by atoms with van der Waals surface area (Å²) in [6.45, 7) is 5.81. The Balaban J connectivity index is 1.71. The molecule has 0 aliphatic rings. The van der Waals surface area contributed by atoms with E-state index < -0.39 is 0 Å². The Hall–Kier alpha value is -2.99. The number of imidazole rings is 1. The largest absolute Gasteiger partial charge is 0.320 e. The maximum atomic E-state index is 12.1. The van der Waals surface area contributed by atoms with Crippen molar-refractivity contribution in [2.45, 2.75) is 20.8 Å². The predicted octanol–water partition coefficient (Wildman–Crippen LogP) is 3.89. The Kier molecular flexibility index (Phi) is 5.14. The molecule has 0 atom stereocenters. The second kappa shape index (κ2) is 7.49. The van der Waals surface area contributed by atoms with Gasteiger partial charge in [-0.05, 0) is 38.5 Å². The van der Waals surface area contributed by atoms with Gasteiger partial charge in [-0.1, -0.05) is 29.8 Å². The summed E-state index contributed by atoms with van der Waals surface area (Å²) in [5, 5.41) is 3.31. The lowest BCUT2D eigenvalue weighted by molar-refractivity contribution is -0.111. The van der Waals surface area contributed by atoms with Crippen LogP contribution in [-0.4, -0.2) is 25.4 Å². The summed E-state index contributed by atoms with van der Waals surface area (Å²) in [6, 6.07) is 7.30. The highest BCUT2D eigenvalue weighted by molar-refractivity contribution is 6.32. The average molecular weight is 368 g/mol. The van der Waals surface area contributed by atoms with E-state index in [-0.39, 0.29) is 5.91 Å². The first-order valence-corrected chi connectivity index (χ1v) is 8.42. The van der Waals surface area contributed by atoms with Crippen LogP contribution in [0.5, 0.6) is 0 Å². The van der Waals surface area contributed by atoms with Crippen LogP contribution >= 0.6 is 11.6 Å². The van der Waals surface area contributed by atoms with Crippen molar-refractivity contribution in [3.63, 3.8) is 0 Å². The van der Waals surface area contributed by atoms with E-state index in [1.54, 1.807) is 24.5 Å². The van der Waals surface area contributed by atoms with Crippen LogP contribution in [0.15, 0.2) is 42.7 Å². The van der Waals surface area contributed by atoms with Gasteiger partial charge in [0.2, 0.25) is 11.9 Å². The van der Waals surface area contributed by atoms with E-state index in [1.165, 1.54) is 6.08 Å². The van der Waals surface area contributed by atoms with E-state index in [0.717, 1.165) is 22.8 Å². The van der Waals surface area contributed by atoms with Gasteiger partial charge in [-0.15, -0.1) is 0 Å². The molecule has 6 nitrogen and oxygen atoms in total. The second-order valence-corrected chi connectivity index (χ2v) is 6.19. The number of nitrogens with zero attached hydrogens (tertiary/aromatic N) is 4. The minimum Gasteiger partial charge on any atom is -0.320 e. The number of anilines is 1. The van der Waals surface area contributed by atoms with Crippen LogP contribution in [0.2, 0.25) is 5.02 Å². The van der Waals surface area contributed by atoms with Gasteiger partial charge in [-0.3, -0.25) is 9.36 Å². The highest BCUT2D eigenvalue weighted by Crippen LogP contribution is 2.17. The van der Waals surface area contributed by atoms with E-state index in [4.69, 9.17) is 11.6 Å². The van der Waals surface area contributed by atoms with Crippen LogP contribution in [-0.2, 0) is 4.79 Å². The number of carbonyl (C=O) groups excluding carboxylic acids is 1. The Bertz CT molecular complexity index is 976. The second-order valence-electron chi connectivity index (χ2n) is 5.78. The Morgan fingerprint density at radius 2 is 1.85 bits per heavy atom. The van der Waals surface area contributed by atoms with Gasteiger partial charge in [0.25, 0.3) is 0 Å². The van der Waals surface area contributed by atoms with Crippen LogP contribution in [0.25, 0.3) is 12.0 Å². The van der Waals surface area contributed by atoms with Gasteiger partial charge in [0.05, 0.1) is 23.8 Å². The third-order valence-electron chi connectivity index (χ3n) is 3.94. The molecule has 26 heavy (non-hydrogen) atoms. The number of aryl methyl sites for hydroxylation is 2. The minimum absolute atomic E-state index is 0.285. The van der Waals surface area contributed by atoms with Crippen molar-refractivity contribution in [3.8, 4) is 5.95 Å². The van der Waals surface area contributed by atoms with Crippen molar-refractivity contribution in [2.75, 3.05) is 5.32 Å². The highest BCUT2D eigenvalue weighted by Gasteiger charge is 2.11. The summed E-state index contributed by atoms with van der Waals surface area (Å²) in [5.74, 6) is 1.05. The monoisotopic (exact) mass is 367 g/mol. The summed E-state index contributed by atoms with van der Waals surface area (Å²) < 4.78 is 1.87. The fraction of sp³-hybridized carbons (Fsp3) is 0.158. The number of benzene rings is 1. The first kappa shape index (κ1) is 17.8. The number of amides is 1. The van der Waals surface area contributed by atoms with Crippen molar-refractivity contribution in [1.82, 2.24) is 19.5 Å². The number of hydrogen-bond donors (Lipinski definition) is 1. The molecule has 0 bridgehead atoms. The normalized spacial score (nSPS) is 11.1. The first-order valence-electron chi connectivity index (χ1n) is 8.04. The molecule has 2 aromatic heterocycles. The Morgan fingerprint density at radius 1 is 1.15 bits per heavy atom. The fourth-order valence-corrected chi connectivity index (χ4v) is 2.73. The molecular weight excluding hydrogens is 350 g/mol. The van der Waals surface area contributed by atoms with E-state index in [9.17, 15) is 4.79 Å². The molecule has 1 N–H and O–H groups in total. The highest BCUT2D eigenvalue weighted by atomic mass is 35.5. The molecule has 0 unspecified atom stereocenters. The molecule has 0 fully saturated rings. The van der Waals surface area contributed by atoms with Gasteiger partial charge in [-0.25, -0.2) is 15.0 Å². The average Bonchev–Trinajstić information content (AvgIpc) is 2.87. The van der Waals surface area contributed by atoms with Crippen molar-refractivity contribution in [2.24, 2.45) is 0 Å². The zero-order valence-electron chi connectivity index (χ0n) is 14.7. The lowest BCUT2D eigenvalue weighted by Gasteiger charge is -2.07. The molecule has 0 aliphatic heterocycles. The first-order chi connectivity index (χ1) is 12.5. The van der Waals surface area contributed by atoms with Gasteiger partial charge in [0.15, 0.2) is 0 Å². The van der Waals surface area contributed by atoms with Crippen LogP contribution < -0.4 is 5.32 Å². The molecule has 7 heteroatoms. The molecule has 0 saturated carbocycles. The summed E-state index contributed by atoms with van der Waals surface area (Å²) in [4.78, 5) is 25.1. The molecule has 0 spiro atoms. The molecule has 0 aliphatic carbocycles. The number of halogens is 1. The molecule has 1 aromatic carbocycles. The summed E-state index contributed by atoms with van der Waals surface area (Å²) in [5.41, 5.74) is 3.21. The van der Waals surface area contributed by atoms with Crippen molar-refractivity contribution in [1.29, 1.82) is 0 Å². The fourth-order valence-electron chi connectivity index (χ4n) is 2.53. The van der Waals surface area contributed by atoms with Crippen LogP contribution in [0.1, 0.15) is 22.8 Å². The van der Waals surface area contributed by atoms with Crippen molar-refractivity contribution in [3.05, 3.63) is 70.5 Å². The molecule has 1 amide bonds. The smallest absolute Gasteiger partial charge is 0.248 e. The SMILES string of the molecule is Cc1nc(C)n(-c2ncc(NC(=O)/C=C/c3ccccc3Cl)cn2)c1C. The summed E-state index contributed by atoms with van der Waals surface area (Å²) in [6.07, 6.45) is 6.21. The lowest BCUT2D eigenvalue weighted by atomic mass is 10.2. The van der Waals surface area contributed by atoms with Gasteiger partial charge >= 0.3 is 0 Å². The van der Waals surface area contributed by atoms with Crippen molar-refractivity contribution < 1.29 is 4.79 Å².